The molecule has 5 fully saturated rings. The third-order valence-electron chi connectivity index (χ3n) is 19.3. The van der Waals surface area contributed by atoms with Crippen molar-refractivity contribution in [1.29, 1.82) is 0 Å². The Bertz CT molecular complexity index is 2740. The van der Waals surface area contributed by atoms with Gasteiger partial charge in [-0.3, -0.25) is 43.2 Å². The highest BCUT2D eigenvalue weighted by atomic mass is 16.7. The molecule has 1 saturated carbocycles. The predicted molar refractivity (Wildman–Crippen MR) is 341 cm³/mol. The highest BCUT2D eigenvalue weighted by Gasteiger charge is 2.84. The second-order valence-corrected chi connectivity index (χ2v) is 27.3. The number of carbonyl (C=O) groups is 10. The van der Waals surface area contributed by atoms with Crippen LogP contribution in [0.1, 0.15) is 151 Å². The van der Waals surface area contributed by atoms with Crippen LogP contribution in [0.15, 0.2) is 11.1 Å². The molecule has 5 heterocycles. The second kappa shape index (κ2) is 37.4. The van der Waals surface area contributed by atoms with Gasteiger partial charge in [0.05, 0.1) is 103 Å². The van der Waals surface area contributed by atoms with Crippen molar-refractivity contribution in [2.45, 2.75) is 217 Å². The molecular formula is C66H106N8O23. The Morgan fingerprint density at radius 3 is 1.67 bits per heavy atom. The Balaban J connectivity index is 0.883. The van der Waals surface area contributed by atoms with Crippen molar-refractivity contribution < 1.29 is 110 Å². The number of carbonyl (C=O) groups excluding carboxylic acids is 10. The molecule has 8 amide bonds. The third-order valence-corrected chi connectivity index (χ3v) is 19.3. The van der Waals surface area contributed by atoms with Gasteiger partial charge in [0.25, 0.3) is 0 Å². The van der Waals surface area contributed by atoms with Gasteiger partial charge in [0.2, 0.25) is 47.3 Å². The van der Waals surface area contributed by atoms with Gasteiger partial charge in [0, 0.05) is 121 Å². The molecule has 11 N–H and O–H groups in total. The van der Waals surface area contributed by atoms with E-state index < -0.39 is 82.9 Å². The molecule has 3 unspecified atom stereocenters. The van der Waals surface area contributed by atoms with E-state index in [1.165, 1.54) is 13.8 Å². The predicted octanol–water partition coefficient (Wildman–Crippen LogP) is -0.436. The first-order valence-corrected chi connectivity index (χ1v) is 34.4. The van der Waals surface area contributed by atoms with Crippen LogP contribution < -0.4 is 43.0 Å². The van der Waals surface area contributed by atoms with E-state index in [1.54, 1.807) is 0 Å². The molecule has 1 spiro atoms. The van der Waals surface area contributed by atoms with E-state index in [1.807, 2.05) is 6.92 Å². The van der Waals surface area contributed by atoms with Gasteiger partial charge < -0.3 is 105 Å². The van der Waals surface area contributed by atoms with Gasteiger partial charge >= 0.3 is 11.9 Å². The van der Waals surface area contributed by atoms with Crippen molar-refractivity contribution in [2.75, 3.05) is 105 Å². The van der Waals surface area contributed by atoms with Crippen molar-refractivity contribution in [3.05, 3.63) is 11.1 Å². The zero-order valence-corrected chi connectivity index (χ0v) is 57.2. The van der Waals surface area contributed by atoms with Gasteiger partial charge in [0.15, 0.2) is 12.6 Å². The number of hydrogen-bond donors (Lipinski definition) is 10. The van der Waals surface area contributed by atoms with E-state index in [-0.39, 0.29) is 216 Å². The minimum Gasteiger partial charge on any atom is -0.459 e. The maximum atomic E-state index is 14.2. The summed E-state index contributed by atoms with van der Waals surface area (Å²) in [4.78, 5) is 127. The average molecular weight is 1380 g/mol. The SMILES string of the molecule is CC(=O)N[C@@H]1C[C@@H](O)CO[C@H]1OCCCCC(=O)NCCCNC(=O)CCOCC(COCCC(N)=O)(COCCC(=O)NCCCNC(=O)CCCO[C@@H]1OC[C@H](O)C[C@H]1NC(C)=O)NC(=O)CCC(=O)O[C@@H]1C(C(C)C)C[C@@H]2O[C@@]23[C@@]2(C)CCC4=C(COC4=O)C2CO[C@]13C. The van der Waals surface area contributed by atoms with E-state index in [0.717, 1.165) is 5.57 Å². The normalized spacial score (nSPS) is 29.2. The maximum absolute atomic E-state index is 14.2. The van der Waals surface area contributed by atoms with E-state index >= 15 is 0 Å². The molecule has 7 rings (SSSR count). The molecule has 2 aliphatic carbocycles. The number of ether oxygens (including phenoxy) is 11. The Hall–Kier alpha value is -6.00. The van der Waals surface area contributed by atoms with Gasteiger partial charge in [-0.15, -0.1) is 0 Å². The number of hydrogen-bond acceptors (Lipinski definition) is 23. The number of epoxide rings is 1. The van der Waals surface area contributed by atoms with Crippen LogP contribution in [-0.4, -0.2) is 241 Å². The Morgan fingerprint density at radius 1 is 0.629 bits per heavy atom. The number of unbranched alkanes of at least 4 members (excludes halogenated alkanes) is 1. The summed E-state index contributed by atoms with van der Waals surface area (Å²) >= 11 is 0. The van der Waals surface area contributed by atoms with Gasteiger partial charge in [0.1, 0.15) is 29.5 Å². The molecule has 0 aromatic rings. The highest BCUT2D eigenvalue weighted by molar-refractivity contribution is 5.92. The van der Waals surface area contributed by atoms with E-state index in [2.05, 4.69) is 58.0 Å². The standard InChI is InChI=1S/C66H106N8O23/c1-40(2)46-32-51-66(97-51)63(5)20-16-45-47(35-92-60(45)86)48(63)36-95-64(66,6)59(46)96-58(85)15-14-57(84)74-65(37-87-27-17-52(67)79,39-89-29-19-56(83)71-24-11-22-69-54(81)13-9-26-91-62-50(73-42(4)76)31-44(78)34-94-62)38-88-28-18-55(82)70-23-10-21-68-53(80)12-7-8-25-90-61-49(72-41(3)75)30-43(77)33-93-61/h40,43-44,46,48-51,59,61-62,77-78H,7-39H2,1-6H3,(H2,67,79)(H,68,80)(H,69,81)(H,70,82)(H,71,83)(H,72,75)(H,73,76)(H,74,84)/t43-,44-,46?,48?,49-,50-,51+,59-,61-,62-,63+,64-,65?,66-/m1/s1. The minimum atomic E-state index is -1.51. The van der Waals surface area contributed by atoms with Crippen LogP contribution >= 0.6 is 0 Å². The van der Waals surface area contributed by atoms with E-state index in [0.29, 0.717) is 69.9 Å². The lowest BCUT2D eigenvalue weighted by Gasteiger charge is -2.60. The van der Waals surface area contributed by atoms with E-state index in [4.69, 9.17) is 57.8 Å². The van der Waals surface area contributed by atoms with Gasteiger partial charge in [-0.1, -0.05) is 20.8 Å². The molecule has 14 atom stereocenters. The van der Waals surface area contributed by atoms with Gasteiger partial charge in [-0.05, 0) is 69.8 Å². The number of aliphatic hydroxyl groups excluding tert-OH is 2. The molecule has 31 heteroatoms. The number of primary amides is 1. The minimum absolute atomic E-state index is 0.0602. The zero-order chi connectivity index (χ0) is 70.3. The molecule has 0 aromatic heterocycles. The summed E-state index contributed by atoms with van der Waals surface area (Å²) in [5.74, 6) is -4.05. The lowest BCUT2D eigenvalue weighted by molar-refractivity contribution is -0.261. The van der Waals surface area contributed by atoms with Crippen LogP contribution in [0.5, 0.6) is 0 Å². The molecule has 0 bridgehead atoms. The number of rotatable bonds is 42. The van der Waals surface area contributed by atoms with Crippen molar-refractivity contribution >= 4 is 59.2 Å². The average Bonchev–Trinajstić information content (AvgIpc) is 1.48. The first-order valence-electron chi connectivity index (χ1n) is 34.4. The van der Waals surface area contributed by atoms with Crippen molar-refractivity contribution in [1.82, 2.24) is 37.2 Å². The number of nitrogens with one attached hydrogen (secondary N) is 7. The summed E-state index contributed by atoms with van der Waals surface area (Å²) in [7, 11) is 0. The lowest BCUT2D eigenvalue weighted by atomic mass is 9.49. The second-order valence-electron chi connectivity index (χ2n) is 27.3. The molecule has 7 aliphatic rings. The third kappa shape index (κ3) is 22.2. The quantitative estimate of drug-likeness (QED) is 0.0210. The highest BCUT2D eigenvalue weighted by Crippen LogP contribution is 2.72. The Morgan fingerprint density at radius 2 is 1.14 bits per heavy atom. The van der Waals surface area contributed by atoms with Crippen LogP contribution in [0.2, 0.25) is 0 Å². The molecule has 548 valence electrons. The van der Waals surface area contributed by atoms with Crippen LogP contribution in [0.3, 0.4) is 0 Å². The number of amides is 8. The Kier molecular flexibility index (Phi) is 30.2. The monoisotopic (exact) mass is 1380 g/mol. The number of fused-ring (bicyclic) bond motifs is 2. The van der Waals surface area contributed by atoms with Crippen LogP contribution in [0, 0.1) is 23.2 Å². The number of nitrogens with two attached hydrogens (primary N) is 1. The zero-order valence-electron chi connectivity index (χ0n) is 57.2. The number of cyclic esters (lactones) is 1. The fourth-order valence-electron chi connectivity index (χ4n) is 14.3. The molecule has 0 aromatic carbocycles. The summed E-state index contributed by atoms with van der Waals surface area (Å²) in [5.41, 5.74) is 3.26. The largest absolute Gasteiger partial charge is 0.459 e. The van der Waals surface area contributed by atoms with Crippen LogP contribution in [-0.2, 0) is 100 Å². The number of esters is 2. The van der Waals surface area contributed by atoms with Crippen molar-refractivity contribution in [2.24, 2.45) is 28.9 Å². The van der Waals surface area contributed by atoms with Crippen molar-refractivity contribution in [3.8, 4) is 0 Å². The number of aliphatic hydroxyl groups is 2. The molecule has 31 nitrogen and oxygen atoms in total. The van der Waals surface area contributed by atoms with Gasteiger partial charge in [-0.25, -0.2) is 4.79 Å². The maximum Gasteiger partial charge on any atom is 0.334 e. The first kappa shape index (κ1) is 78.3. The molecule has 4 saturated heterocycles. The van der Waals surface area contributed by atoms with Crippen LogP contribution in [0.4, 0.5) is 0 Å². The smallest absolute Gasteiger partial charge is 0.334 e. The topological polar surface area (TPSA) is 426 Å². The summed E-state index contributed by atoms with van der Waals surface area (Å²) in [6.45, 7) is 11.9. The van der Waals surface area contributed by atoms with Crippen molar-refractivity contribution in [3.63, 3.8) is 0 Å². The fourth-order valence-corrected chi connectivity index (χ4v) is 14.3. The molecule has 5 aliphatic heterocycles. The van der Waals surface area contributed by atoms with E-state index in [9.17, 15) is 58.2 Å². The van der Waals surface area contributed by atoms with Crippen LogP contribution in [0.25, 0.3) is 0 Å². The summed E-state index contributed by atoms with van der Waals surface area (Å²) in [6.07, 6.45) is 0.302. The van der Waals surface area contributed by atoms with Gasteiger partial charge in [-0.2, -0.15) is 0 Å². The first-order chi connectivity index (χ1) is 46.3. The summed E-state index contributed by atoms with van der Waals surface area (Å²) < 4.78 is 66.2. The summed E-state index contributed by atoms with van der Waals surface area (Å²) in [6, 6.07) is -1.00. The summed E-state index contributed by atoms with van der Waals surface area (Å²) in [5, 5.41) is 39.5. The molecule has 0 radical (unpaired) electrons. The molecular weight excluding hydrogens is 1270 g/mol. The lowest BCUT2D eigenvalue weighted by Crippen LogP contribution is -2.72. The Labute approximate surface area is 566 Å². The fraction of sp³-hybridized carbons (Fsp3) is 0.818. The molecule has 97 heavy (non-hydrogen) atoms.